The maximum absolute atomic E-state index is 11.8. The molecule has 0 saturated carbocycles. The molecule has 4 rings (SSSR count). The Balaban J connectivity index is 1.72. The monoisotopic (exact) mass is 434 g/mol. The molecule has 0 radical (unpaired) electrons. The molecule has 4 nitrogen and oxygen atoms in total. The van der Waals surface area contributed by atoms with Gasteiger partial charge in [0, 0.05) is 27.7 Å². The Bertz CT molecular complexity index is 1250. The van der Waals surface area contributed by atoms with E-state index in [2.05, 4.69) is 13.8 Å². The highest BCUT2D eigenvalue weighted by atomic mass is 16.1. The molecule has 4 aromatic rings. The first-order chi connectivity index (χ1) is 15.8. The minimum Gasteiger partial charge on any atom is -0.295 e. The summed E-state index contributed by atoms with van der Waals surface area (Å²) in [5.41, 5.74) is 6.09. The number of hydrogen-bond donors (Lipinski definition) is 0. The predicted molar refractivity (Wildman–Crippen MR) is 131 cm³/mol. The number of benzene rings is 2. The first kappa shape index (κ1) is 22.3. The molecule has 2 heterocycles. The van der Waals surface area contributed by atoms with Gasteiger partial charge in [-0.05, 0) is 64.1 Å². The molecule has 0 aliphatic heterocycles. The van der Waals surface area contributed by atoms with Crippen molar-refractivity contribution in [2.45, 2.75) is 33.1 Å². The maximum Gasteiger partial charge on any atom is 0.159 e. The van der Waals surface area contributed by atoms with Crippen LogP contribution in [0.2, 0.25) is 0 Å². The second-order valence-corrected chi connectivity index (χ2v) is 8.72. The van der Waals surface area contributed by atoms with Gasteiger partial charge >= 0.3 is 0 Å². The molecule has 2 aromatic heterocycles. The number of carbonyl (C=O) groups is 2. The largest absolute Gasteiger partial charge is 0.295 e. The van der Waals surface area contributed by atoms with Crippen LogP contribution in [0.25, 0.3) is 22.5 Å². The second kappa shape index (κ2) is 8.91. The molecule has 0 aliphatic carbocycles. The standard InChI is InChI=1S/C29H26N2O2/c1-19(32)21-9-5-11-23(17-21)25-13-7-15-27(30-25)29(3,4)28-16-8-14-26(31-28)24-12-6-10-22(18-24)20(2)33/h5-18H,1-4H3. The highest BCUT2D eigenvalue weighted by Crippen LogP contribution is 2.32. The molecular weight excluding hydrogens is 408 g/mol. The lowest BCUT2D eigenvalue weighted by Gasteiger charge is -2.25. The van der Waals surface area contributed by atoms with Crippen molar-refractivity contribution < 1.29 is 9.59 Å². The van der Waals surface area contributed by atoms with Crippen molar-refractivity contribution in [3.63, 3.8) is 0 Å². The van der Waals surface area contributed by atoms with Crippen LogP contribution in [0.3, 0.4) is 0 Å². The van der Waals surface area contributed by atoms with E-state index in [0.717, 1.165) is 33.9 Å². The van der Waals surface area contributed by atoms with Crippen molar-refractivity contribution in [1.82, 2.24) is 9.97 Å². The normalized spacial score (nSPS) is 11.3. The Labute approximate surface area is 194 Å². The zero-order valence-electron chi connectivity index (χ0n) is 19.3. The van der Waals surface area contributed by atoms with Gasteiger partial charge in [-0.15, -0.1) is 0 Å². The fraction of sp³-hybridized carbons (Fsp3) is 0.172. The first-order valence-corrected chi connectivity index (χ1v) is 10.9. The van der Waals surface area contributed by atoms with Crippen molar-refractivity contribution in [1.29, 1.82) is 0 Å². The van der Waals surface area contributed by atoms with Crippen LogP contribution in [-0.2, 0) is 5.41 Å². The third-order valence-corrected chi connectivity index (χ3v) is 5.91. The Morgan fingerprint density at radius 3 is 1.39 bits per heavy atom. The lowest BCUT2D eigenvalue weighted by Crippen LogP contribution is -2.22. The van der Waals surface area contributed by atoms with Gasteiger partial charge in [0.15, 0.2) is 11.6 Å². The summed E-state index contributed by atoms with van der Waals surface area (Å²) in [7, 11) is 0. The molecule has 0 amide bonds. The van der Waals surface area contributed by atoms with Gasteiger partial charge in [0.2, 0.25) is 0 Å². The van der Waals surface area contributed by atoms with Gasteiger partial charge in [0.1, 0.15) is 0 Å². The molecule has 164 valence electrons. The van der Waals surface area contributed by atoms with Gasteiger partial charge in [0.05, 0.1) is 22.8 Å². The average Bonchev–Trinajstić information content (AvgIpc) is 2.84. The zero-order chi connectivity index (χ0) is 23.6. The topological polar surface area (TPSA) is 59.9 Å². The molecule has 0 N–H and O–H groups in total. The number of carbonyl (C=O) groups excluding carboxylic acids is 2. The number of nitrogens with zero attached hydrogens (tertiary/aromatic N) is 2. The maximum atomic E-state index is 11.8. The number of rotatable bonds is 6. The molecule has 0 saturated heterocycles. The van der Waals surface area contributed by atoms with Crippen molar-refractivity contribution in [3.05, 3.63) is 107 Å². The first-order valence-electron chi connectivity index (χ1n) is 10.9. The summed E-state index contributed by atoms with van der Waals surface area (Å²) in [6, 6.07) is 27.0. The zero-order valence-corrected chi connectivity index (χ0v) is 19.3. The van der Waals surface area contributed by atoms with E-state index in [1.165, 1.54) is 0 Å². The van der Waals surface area contributed by atoms with E-state index in [4.69, 9.17) is 9.97 Å². The Morgan fingerprint density at radius 2 is 1.00 bits per heavy atom. The van der Waals surface area contributed by atoms with Crippen molar-refractivity contribution >= 4 is 11.6 Å². The van der Waals surface area contributed by atoms with E-state index in [1.807, 2.05) is 84.9 Å². The molecule has 0 atom stereocenters. The number of aromatic nitrogens is 2. The number of hydrogen-bond acceptors (Lipinski definition) is 4. The second-order valence-electron chi connectivity index (χ2n) is 8.72. The highest BCUT2D eigenvalue weighted by Gasteiger charge is 2.27. The molecule has 0 unspecified atom stereocenters. The average molecular weight is 435 g/mol. The van der Waals surface area contributed by atoms with Crippen LogP contribution in [-0.4, -0.2) is 21.5 Å². The van der Waals surface area contributed by atoms with Crippen LogP contribution in [0.1, 0.15) is 59.8 Å². The van der Waals surface area contributed by atoms with Gasteiger partial charge in [0.25, 0.3) is 0 Å². The summed E-state index contributed by atoms with van der Waals surface area (Å²) in [4.78, 5) is 33.5. The van der Waals surface area contributed by atoms with Gasteiger partial charge in [-0.3, -0.25) is 19.6 Å². The quantitative estimate of drug-likeness (QED) is 0.323. The lowest BCUT2D eigenvalue weighted by molar-refractivity contribution is 0.100. The fourth-order valence-electron chi connectivity index (χ4n) is 3.81. The van der Waals surface area contributed by atoms with Crippen LogP contribution in [0.15, 0.2) is 84.9 Å². The SMILES string of the molecule is CC(=O)c1cccc(-c2cccc(C(C)(C)c3cccc(-c4cccc(C(C)=O)c4)n3)n2)c1. The van der Waals surface area contributed by atoms with Gasteiger partial charge in [-0.2, -0.15) is 0 Å². The number of pyridine rings is 2. The lowest BCUT2D eigenvalue weighted by atomic mass is 9.84. The van der Waals surface area contributed by atoms with Crippen molar-refractivity contribution in [2.24, 2.45) is 0 Å². The molecule has 0 spiro atoms. The van der Waals surface area contributed by atoms with Crippen molar-refractivity contribution in [2.75, 3.05) is 0 Å². The van der Waals surface area contributed by atoms with Crippen LogP contribution in [0.4, 0.5) is 0 Å². The summed E-state index contributed by atoms with van der Waals surface area (Å²) < 4.78 is 0. The molecule has 33 heavy (non-hydrogen) atoms. The van der Waals surface area contributed by atoms with Crippen LogP contribution >= 0.6 is 0 Å². The molecule has 4 heteroatoms. The van der Waals surface area contributed by atoms with E-state index >= 15 is 0 Å². The summed E-state index contributed by atoms with van der Waals surface area (Å²) in [6.07, 6.45) is 0. The van der Waals surface area contributed by atoms with E-state index in [9.17, 15) is 9.59 Å². The minimum absolute atomic E-state index is 0.0307. The number of ketones is 2. The molecule has 0 aliphatic rings. The molecular formula is C29H26N2O2. The Hall–Kier alpha value is -3.92. The number of Topliss-reactive ketones (excluding diaryl/α,β-unsaturated/α-hetero) is 2. The summed E-state index contributed by atoms with van der Waals surface area (Å²) in [5, 5.41) is 0. The molecule has 2 aromatic carbocycles. The third-order valence-electron chi connectivity index (χ3n) is 5.91. The highest BCUT2D eigenvalue weighted by molar-refractivity contribution is 5.95. The van der Waals surface area contributed by atoms with Gasteiger partial charge in [-0.1, -0.05) is 48.5 Å². The third kappa shape index (κ3) is 4.65. The van der Waals surface area contributed by atoms with E-state index < -0.39 is 5.41 Å². The van der Waals surface area contributed by atoms with E-state index in [0.29, 0.717) is 11.1 Å². The van der Waals surface area contributed by atoms with Crippen LogP contribution in [0, 0.1) is 0 Å². The Morgan fingerprint density at radius 1 is 0.606 bits per heavy atom. The van der Waals surface area contributed by atoms with E-state index in [-0.39, 0.29) is 11.6 Å². The summed E-state index contributed by atoms with van der Waals surface area (Å²) >= 11 is 0. The molecule has 0 fully saturated rings. The molecule has 0 bridgehead atoms. The smallest absolute Gasteiger partial charge is 0.159 e. The minimum atomic E-state index is -0.456. The predicted octanol–water partition coefficient (Wildman–Crippen LogP) is 6.54. The van der Waals surface area contributed by atoms with Crippen LogP contribution < -0.4 is 0 Å². The Kier molecular flexibility index (Phi) is 6.01. The van der Waals surface area contributed by atoms with Crippen molar-refractivity contribution in [3.8, 4) is 22.5 Å². The van der Waals surface area contributed by atoms with Gasteiger partial charge < -0.3 is 0 Å². The van der Waals surface area contributed by atoms with Gasteiger partial charge in [-0.25, -0.2) is 0 Å². The van der Waals surface area contributed by atoms with E-state index in [1.54, 1.807) is 13.8 Å². The van der Waals surface area contributed by atoms with Crippen LogP contribution in [0.5, 0.6) is 0 Å². The summed E-state index contributed by atoms with van der Waals surface area (Å²) in [6.45, 7) is 7.33. The summed E-state index contributed by atoms with van der Waals surface area (Å²) in [5.74, 6) is 0.0615. The fourth-order valence-corrected chi connectivity index (χ4v) is 3.81.